The van der Waals surface area contributed by atoms with Crippen LogP contribution < -0.4 is 137 Å². The van der Waals surface area contributed by atoms with E-state index in [2.05, 4.69) is 13.0 Å². The third-order valence-electron chi connectivity index (χ3n) is 0.750. The number of rotatable bonds is 4. The SMILES string of the molecule is CO[Si]([O-])(OC)O[Si]([O-])([O-])[O-].[Na+].[Na+].[Na+].[Na+]. The Morgan fingerprint density at radius 2 is 1.00 bits per heavy atom. The first kappa shape index (κ1) is 31.5. The van der Waals surface area contributed by atoms with E-state index < -0.39 is 18.1 Å². The molecule has 15 heavy (non-hydrogen) atoms. The molecule has 0 aromatic carbocycles. The molecular formula is C2H6Na4O7Si2. The Morgan fingerprint density at radius 3 is 1.07 bits per heavy atom. The predicted molar refractivity (Wildman–Crippen MR) is 26.6 cm³/mol. The van der Waals surface area contributed by atoms with Crippen molar-refractivity contribution in [3.05, 3.63) is 0 Å². The summed E-state index contributed by atoms with van der Waals surface area (Å²) in [7, 11) is -8.23. The van der Waals surface area contributed by atoms with E-state index in [1.54, 1.807) is 0 Å². The van der Waals surface area contributed by atoms with E-state index in [1.807, 2.05) is 0 Å². The Labute approximate surface area is 179 Å². The van der Waals surface area contributed by atoms with Gasteiger partial charge in [-0.25, -0.2) is 0 Å². The van der Waals surface area contributed by atoms with Crippen molar-refractivity contribution in [1.29, 1.82) is 0 Å². The van der Waals surface area contributed by atoms with Gasteiger partial charge in [0.25, 0.3) is 0 Å². The summed E-state index contributed by atoms with van der Waals surface area (Å²) < 4.78 is 11.6. The molecule has 0 aromatic rings. The first-order chi connectivity index (χ1) is 4.83. The van der Waals surface area contributed by atoms with Gasteiger partial charge in [0, 0.05) is 14.2 Å². The molecule has 68 valence electrons. The predicted octanol–water partition coefficient (Wildman–Crippen LogP) is -17.4. The third kappa shape index (κ3) is 18.2. The second-order valence-corrected chi connectivity index (χ2v) is 5.14. The topological polar surface area (TPSA) is 120 Å². The Bertz CT molecular complexity index is 129. The minimum absolute atomic E-state index is 0. The van der Waals surface area contributed by atoms with Gasteiger partial charge in [-0.15, -0.1) is 9.05 Å². The molecule has 0 spiro atoms. The molecule has 0 amide bonds. The van der Waals surface area contributed by atoms with E-state index >= 15 is 0 Å². The molecule has 0 rings (SSSR count). The quantitative estimate of drug-likeness (QED) is 0.471. The van der Waals surface area contributed by atoms with E-state index in [0.717, 1.165) is 14.2 Å². The second-order valence-electron chi connectivity index (χ2n) is 1.51. The molecule has 0 heterocycles. The van der Waals surface area contributed by atoms with Crippen LogP contribution in [-0.4, -0.2) is 32.3 Å². The van der Waals surface area contributed by atoms with Gasteiger partial charge in [-0.2, -0.15) is 0 Å². The maximum atomic E-state index is 10.8. The monoisotopic (exact) mass is 290 g/mol. The summed E-state index contributed by atoms with van der Waals surface area (Å²) in [6.07, 6.45) is 0. The Kier molecular flexibility index (Phi) is 30.6. The van der Waals surface area contributed by atoms with Crippen LogP contribution in [0.15, 0.2) is 0 Å². The summed E-state index contributed by atoms with van der Waals surface area (Å²) >= 11 is 0. The van der Waals surface area contributed by atoms with Crippen molar-refractivity contribution in [3.63, 3.8) is 0 Å². The number of hydrogen-bond donors (Lipinski definition) is 0. The van der Waals surface area contributed by atoms with Crippen LogP contribution in [0, 0.1) is 0 Å². The van der Waals surface area contributed by atoms with Crippen molar-refractivity contribution < 1.29 is 150 Å². The summed E-state index contributed by atoms with van der Waals surface area (Å²) in [6, 6.07) is 0. The summed E-state index contributed by atoms with van der Waals surface area (Å²) in [6.45, 7) is 0. The van der Waals surface area contributed by atoms with Crippen LogP contribution in [-0.2, 0) is 13.0 Å². The third-order valence-corrected chi connectivity index (χ3v) is 3.75. The largest absolute Gasteiger partial charge is 1.00 e. The fourth-order valence-corrected chi connectivity index (χ4v) is 2.38. The maximum Gasteiger partial charge on any atom is 1.00 e. The normalized spacial score (nSPS) is 10.0. The minimum atomic E-state index is -5.59. The van der Waals surface area contributed by atoms with E-state index in [-0.39, 0.29) is 118 Å². The van der Waals surface area contributed by atoms with E-state index in [1.165, 1.54) is 0 Å². The molecule has 0 aliphatic carbocycles. The first-order valence-electron chi connectivity index (χ1n) is 2.45. The second kappa shape index (κ2) is 14.6. The van der Waals surface area contributed by atoms with Gasteiger partial charge < -0.3 is 32.1 Å². The fraction of sp³-hybridized carbons (Fsp3) is 1.00. The molecule has 0 aliphatic rings. The molecule has 0 N–H and O–H groups in total. The van der Waals surface area contributed by atoms with Gasteiger partial charge in [-0.3, -0.25) is 0 Å². The zero-order chi connectivity index (χ0) is 9.12. The molecule has 0 saturated carbocycles. The van der Waals surface area contributed by atoms with Crippen LogP contribution in [0.3, 0.4) is 0 Å². The van der Waals surface area contributed by atoms with E-state index in [4.69, 9.17) is 0 Å². The number of hydrogen-bond acceptors (Lipinski definition) is 7. The van der Waals surface area contributed by atoms with Crippen LogP contribution in [0.2, 0.25) is 0 Å². The molecule has 0 aromatic heterocycles. The molecule has 0 aliphatic heterocycles. The average Bonchev–Trinajstić information content (AvgIpc) is 1.84. The van der Waals surface area contributed by atoms with Crippen LogP contribution in [0.5, 0.6) is 0 Å². The zero-order valence-corrected chi connectivity index (χ0v) is 19.9. The van der Waals surface area contributed by atoms with Crippen LogP contribution in [0.25, 0.3) is 0 Å². The van der Waals surface area contributed by atoms with Crippen molar-refractivity contribution in [2.24, 2.45) is 0 Å². The van der Waals surface area contributed by atoms with Crippen LogP contribution in [0.1, 0.15) is 0 Å². The molecular weight excluding hydrogens is 284 g/mol. The van der Waals surface area contributed by atoms with Gasteiger partial charge in [-0.05, 0) is 0 Å². The van der Waals surface area contributed by atoms with E-state index in [0.29, 0.717) is 0 Å². The van der Waals surface area contributed by atoms with Gasteiger partial charge in [0.05, 0.1) is 0 Å². The van der Waals surface area contributed by atoms with Crippen LogP contribution >= 0.6 is 0 Å². The van der Waals surface area contributed by atoms with Gasteiger partial charge in [0.1, 0.15) is 0 Å². The van der Waals surface area contributed by atoms with Gasteiger partial charge in [0.2, 0.25) is 0 Å². The molecule has 7 nitrogen and oxygen atoms in total. The Morgan fingerprint density at radius 1 is 0.733 bits per heavy atom. The average molecular weight is 290 g/mol. The van der Waals surface area contributed by atoms with Crippen molar-refractivity contribution >= 4 is 18.1 Å². The van der Waals surface area contributed by atoms with Crippen molar-refractivity contribution in [2.45, 2.75) is 0 Å². The summed E-state index contributed by atoms with van der Waals surface area (Å²) in [4.78, 5) is 40.5. The van der Waals surface area contributed by atoms with Crippen molar-refractivity contribution in [3.8, 4) is 0 Å². The standard InChI is InChI=1S/C2H6O7Si2.4Na/c1-7-11(6,8-2)9-10(3,4)5;;;;/h1-2H3;;;;/q-4;4*+1. The maximum absolute atomic E-state index is 10.8. The molecule has 0 atom stereocenters. The summed E-state index contributed by atoms with van der Waals surface area (Å²) in [5.74, 6) is 0. The zero-order valence-electron chi connectivity index (χ0n) is 9.86. The molecule has 0 fully saturated rings. The molecule has 0 bridgehead atoms. The smallest absolute Gasteiger partial charge is 0.862 e. The van der Waals surface area contributed by atoms with Gasteiger partial charge >= 0.3 is 127 Å². The Hall–Kier alpha value is 4.15. The summed E-state index contributed by atoms with van der Waals surface area (Å²) in [5, 5.41) is 0. The molecule has 0 unspecified atom stereocenters. The Balaban J connectivity index is -0.0000000833. The van der Waals surface area contributed by atoms with Gasteiger partial charge in [-0.1, -0.05) is 0 Å². The van der Waals surface area contributed by atoms with Crippen molar-refractivity contribution in [2.75, 3.05) is 14.2 Å². The molecule has 0 saturated heterocycles. The van der Waals surface area contributed by atoms with E-state index in [9.17, 15) is 19.2 Å². The van der Waals surface area contributed by atoms with Crippen LogP contribution in [0.4, 0.5) is 0 Å². The van der Waals surface area contributed by atoms with Gasteiger partial charge in [0.15, 0.2) is 0 Å². The fourth-order valence-electron chi connectivity index (χ4n) is 0.320. The minimum Gasteiger partial charge on any atom is -0.862 e. The summed E-state index contributed by atoms with van der Waals surface area (Å²) in [5.41, 5.74) is 0. The van der Waals surface area contributed by atoms with Crippen molar-refractivity contribution in [1.82, 2.24) is 0 Å². The molecule has 0 radical (unpaired) electrons. The first-order valence-corrected chi connectivity index (χ1v) is 5.72. The molecule has 13 heteroatoms.